The molecule has 3 aromatic rings. The zero-order valence-electron chi connectivity index (χ0n) is 10.1. The van der Waals surface area contributed by atoms with E-state index in [1.54, 1.807) is 11.8 Å². The molecule has 90 valence electrons. The van der Waals surface area contributed by atoms with Gasteiger partial charge in [-0.05, 0) is 23.3 Å². The van der Waals surface area contributed by atoms with Gasteiger partial charge in [-0.15, -0.1) is 5.10 Å². The molecule has 0 bridgehead atoms. The van der Waals surface area contributed by atoms with Crippen LogP contribution in [0.25, 0.3) is 10.8 Å². The average molecular weight is 255 g/mol. The number of aromatic amines is 1. The van der Waals surface area contributed by atoms with Crippen molar-refractivity contribution in [3.05, 3.63) is 53.9 Å². The van der Waals surface area contributed by atoms with E-state index < -0.39 is 0 Å². The second-order valence-corrected chi connectivity index (χ2v) is 5.12. The van der Waals surface area contributed by atoms with Gasteiger partial charge in [0, 0.05) is 5.75 Å². The molecule has 1 aromatic heterocycles. The lowest BCUT2D eigenvalue weighted by atomic mass is 10.1. The lowest BCUT2D eigenvalue weighted by molar-refractivity contribution is 0.969. The van der Waals surface area contributed by atoms with Crippen molar-refractivity contribution in [2.24, 2.45) is 0 Å². The molecule has 0 radical (unpaired) electrons. The van der Waals surface area contributed by atoms with Crippen molar-refractivity contribution in [1.82, 2.24) is 15.2 Å². The lowest BCUT2D eigenvalue weighted by Gasteiger charge is -2.02. The van der Waals surface area contributed by atoms with Gasteiger partial charge in [0.05, 0.1) is 0 Å². The third kappa shape index (κ3) is 2.38. The SMILES string of the molecule is Cc1nc(SCc2ccc3ccccc3c2)n[nH]1. The van der Waals surface area contributed by atoms with Gasteiger partial charge in [-0.25, -0.2) is 4.98 Å². The molecule has 3 nitrogen and oxygen atoms in total. The quantitative estimate of drug-likeness (QED) is 0.728. The van der Waals surface area contributed by atoms with Crippen LogP contribution in [0, 0.1) is 6.92 Å². The van der Waals surface area contributed by atoms with Crippen molar-refractivity contribution >= 4 is 22.5 Å². The highest BCUT2D eigenvalue weighted by atomic mass is 32.2. The number of nitrogens with one attached hydrogen (secondary N) is 1. The monoisotopic (exact) mass is 255 g/mol. The Kier molecular flexibility index (Phi) is 3.02. The number of H-pyrrole nitrogens is 1. The molecule has 0 aliphatic rings. The Hall–Kier alpha value is -1.81. The van der Waals surface area contributed by atoms with Gasteiger partial charge >= 0.3 is 0 Å². The second-order valence-electron chi connectivity index (χ2n) is 4.17. The van der Waals surface area contributed by atoms with E-state index in [0.29, 0.717) is 0 Å². The van der Waals surface area contributed by atoms with E-state index in [-0.39, 0.29) is 0 Å². The van der Waals surface area contributed by atoms with Gasteiger partial charge < -0.3 is 0 Å². The van der Waals surface area contributed by atoms with Gasteiger partial charge in [-0.2, -0.15) is 0 Å². The van der Waals surface area contributed by atoms with E-state index in [1.807, 2.05) is 6.92 Å². The number of rotatable bonds is 3. The summed E-state index contributed by atoms with van der Waals surface area (Å²) in [5.41, 5.74) is 1.29. The standard InChI is InChI=1S/C14H13N3S/c1-10-15-14(17-16-10)18-9-11-6-7-12-4-2-3-5-13(12)8-11/h2-8H,9H2,1H3,(H,15,16,17). The van der Waals surface area contributed by atoms with Crippen molar-refractivity contribution < 1.29 is 0 Å². The molecule has 0 unspecified atom stereocenters. The van der Waals surface area contributed by atoms with Crippen LogP contribution in [0.1, 0.15) is 11.4 Å². The number of nitrogens with zero attached hydrogens (tertiary/aromatic N) is 2. The molecule has 0 aliphatic heterocycles. The van der Waals surface area contributed by atoms with Crippen LogP contribution in [-0.2, 0) is 5.75 Å². The molecular weight excluding hydrogens is 242 g/mol. The second kappa shape index (κ2) is 4.82. The highest BCUT2D eigenvalue weighted by Crippen LogP contribution is 2.22. The summed E-state index contributed by atoms with van der Waals surface area (Å²) < 4.78 is 0. The van der Waals surface area contributed by atoms with E-state index in [0.717, 1.165) is 16.7 Å². The highest BCUT2D eigenvalue weighted by molar-refractivity contribution is 7.98. The normalized spacial score (nSPS) is 10.9. The van der Waals surface area contributed by atoms with E-state index in [1.165, 1.54) is 16.3 Å². The fourth-order valence-electron chi connectivity index (χ4n) is 1.86. The van der Waals surface area contributed by atoms with Crippen molar-refractivity contribution in [2.45, 2.75) is 17.8 Å². The Labute approximate surface area is 110 Å². The summed E-state index contributed by atoms with van der Waals surface area (Å²) in [6.07, 6.45) is 0. The number of benzene rings is 2. The van der Waals surface area contributed by atoms with Crippen LogP contribution in [0.4, 0.5) is 0 Å². The zero-order chi connectivity index (χ0) is 12.4. The summed E-state index contributed by atoms with van der Waals surface area (Å²) in [7, 11) is 0. The minimum absolute atomic E-state index is 0.806. The molecule has 0 atom stereocenters. The first-order chi connectivity index (χ1) is 8.81. The Morgan fingerprint density at radius 1 is 1.11 bits per heavy atom. The van der Waals surface area contributed by atoms with Crippen LogP contribution in [0.3, 0.4) is 0 Å². The summed E-state index contributed by atoms with van der Waals surface area (Å²) in [5, 5.41) is 10.3. The molecule has 0 spiro atoms. The summed E-state index contributed by atoms with van der Waals surface area (Å²) >= 11 is 1.65. The molecule has 2 aromatic carbocycles. The molecular formula is C14H13N3S. The topological polar surface area (TPSA) is 41.6 Å². The molecule has 0 aliphatic carbocycles. The van der Waals surface area contributed by atoms with Crippen LogP contribution in [0.5, 0.6) is 0 Å². The molecule has 0 amide bonds. The maximum atomic E-state index is 4.28. The van der Waals surface area contributed by atoms with E-state index >= 15 is 0 Å². The summed E-state index contributed by atoms with van der Waals surface area (Å²) in [6, 6.07) is 14.9. The number of hydrogen-bond donors (Lipinski definition) is 1. The fraction of sp³-hybridized carbons (Fsp3) is 0.143. The molecule has 0 saturated heterocycles. The molecule has 3 rings (SSSR count). The minimum Gasteiger partial charge on any atom is -0.262 e. The molecule has 1 N–H and O–H groups in total. The van der Waals surface area contributed by atoms with Crippen LogP contribution in [-0.4, -0.2) is 15.2 Å². The van der Waals surface area contributed by atoms with Crippen molar-refractivity contribution in [3.63, 3.8) is 0 Å². The van der Waals surface area contributed by atoms with Gasteiger partial charge in [0.15, 0.2) is 0 Å². The third-order valence-electron chi connectivity index (χ3n) is 2.76. The summed E-state index contributed by atoms with van der Waals surface area (Å²) in [5.74, 6) is 1.75. The van der Waals surface area contributed by atoms with Gasteiger partial charge in [0.25, 0.3) is 0 Å². The lowest BCUT2D eigenvalue weighted by Crippen LogP contribution is -1.83. The third-order valence-corrected chi connectivity index (χ3v) is 3.68. The van der Waals surface area contributed by atoms with Crippen LogP contribution in [0.15, 0.2) is 47.6 Å². The smallest absolute Gasteiger partial charge is 0.208 e. The van der Waals surface area contributed by atoms with Gasteiger partial charge in [0.2, 0.25) is 5.16 Å². The molecule has 4 heteroatoms. The van der Waals surface area contributed by atoms with Crippen LogP contribution in [0.2, 0.25) is 0 Å². The van der Waals surface area contributed by atoms with Crippen LogP contribution >= 0.6 is 11.8 Å². The van der Waals surface area contributed by atoms with Gasteiger partial charge in [0.1, 0.15) is 5.82 Å². The molecule has 1 heterocycles. The Morgan fingerprint density at radius 2 is 1.94 bits per heavy atom. The maximum Gasteiger partial charge on any atom is 0.208 e. The Morgan fingerprint density at radius 3 is 2.72 bits per heavy atom. The average Bonchev–Trinajstić information content (AvgIpc) is 2.82. The van der Waals surface area contributed by atoms with E-state index in [4.69, 9.17) is 0 Å². The van der Waals surface area contributed by atoms with Crippen molar-refractivity contribution in [2.75, 3.05) is 0 Å². The summed E-state index contributed by atoms with van der Waals surface area (Å²) in [6.45, 7) is 1.91. The first-order valence-corrected chi connectivity index (χ1v) is 6.79. The molecule has 0 saturated carbocycles. The minimum atomic E-state index is 0.806. The summed E-state index contributed by atoms with van der Waals surface area (Å²) in [4.78, 5) is 4.28. The first-order valence-electron chi connectivity index (χ1n) is 5.81. The number of thioether (sulfide) groups is 1. The fourth-order valence-corrected chi connectivity index (χ4v) is 2.65. The van der Waals surface area contributed by atoms with Crippen LogP contribution < -0.4 is 0 Å². The number of hydrogen-bond acceptors (Lipinski definition) is 3. The Bertz CT molecular complexity index is 675. The number of aromatic nitrogens is 3. The predicted molar refractivity (Wildman–Crippen MR) is 74.6 cm³/mol. The highest BCUT2D eigenvalue weighted by Gasteiger charge is 2.02. The largest absolute Gasteiger partial charge is 0.262 e. The van der Waals surface area contributed by atoms with Crippen molar-refractivity contribution in [1.29, 1.82) is 0 Å². The predicted octanol–water partition coefficient (Wildman–Crippen LogP) is 3.56. The Balaban J connectivity index is 1.78. The van der Waals surface area contributed by atoms with Gasteiger partial charge in [-0.3, -0.25) is 5.10 Å². The maximum absolute atomic E-state index is 4.28. The molecule has 18 heavy (non-hydrogen) atoms. The first kappa shape index (κ1) is 11.3. The van der Waals surface area contributed by atoms with Crippen molar-refractivity contribution in [3.8, 4) is 0 Å². The number of fused-ring (bicyclic) bond motifs is 1. The van der Waals surface area contributed by atoms with E-state index in [9.17, 15) is 0 Å². The molecule has 0 fully saturated rings. The van der Waals surface area contributed by atoms with Gasteiger partial charge in [-0.1, -0.05) is 54.2 Å². The number of aryl methyl sites for hydroxylation is 1. The van der Waals surface area contributed by atoms with E-state index in [2.05, 4.69) is 57.6 Å². The zero-order valence-corrected chi connectivity index (χ0v) is 10.9.